The topological polar surface area (TPSA) is 20.3 Å². The van der Waals surface area contributed by atoms with Crippen LogP contribution in [-0.2, 0) is 4.79 Å². The van der Waals surface area contributed by atoms with Crippen LogP contribution in [0.4, 0.5) is 0 Å². The smallest absolute Gasteiger partial charge is 0.153 e. The molecule has 0 aromatic carbocycles. The number of nitrogens with zero attached hydrogens (tertiary/aromatic N) is 1. The molecule has 1 atom stereocenters. The molecule has 0 radical (unpaired) electrons. The summed E-state index contributed by atoms with van der Waals surface area (Å²) in [6.07, 6.45) is 0. The van der Waals surface area contributed by atoms with E-state index >= 15 is 0 Å². The summed E-state index contributed by atoms with van der Waals surface area (Å²) in [6, 6.07) is 0.181. The Hall–Kier alpha value is -0.0200. The second kappa shape index (κ2) is 3.59. The second-order valence-electron chi connectivity index (χ2n) is 3.33. The maximum atomic E-state index is 11.5. The van der Waals surface area contributed by atoms with E-state index in [2.05, 4.69) is 4.90 Å². The lowest BCUT2D eigenvalue weighted by molar-refractivity contribution is -0.125. The minimum Gasteiger partial charge on any atom is -0.298 e. The molecule has 1 heterocycles. The molecular weight excluding hydrogens is 158 g/mol. The zero-order chi connectivity index (χ0) is 8.43. The van der Waals surface area contributed by atoms with Crippen LogP contribution in [0.1, 0.15) is 13.8 Å². The molecule has 1 unspecified atom stereocenters. The quantitative estimate of drug-likeness (QED) is 0.626. The Kier molecular flexibility index (Phi) is 2.96. The van der Waals surface area contributed by atoms with Crippen molar-refractivity contribution < 1.29 is 4.79 Å². The van der Waals surface area contributed by atoms with Crippen LogP contribution in [-0.4, -0.2) is 35.4 Å². The van der Waals surface area contributed by atoms with Crippen molar-refractivity contribution in [2.24, 2.45) is 5.92 Å². The number of carbonyl (C=O) groups is 1. The van der Waals surface area contributed by atoms with Gasteiger partial charge in [-0.25, -0.2) is 0 Å². The van der Waals surface area contributed by atoms with Gasteiger partial charge in [0.2, 0.25) is 0 Å². The number of hydrogen-bond acceptors (Lipinski definition) is 3. The predicted octanol–water partition coefficient (Wildman–Crippen LogP) is 1.22. The van der Waals surface area contributed by atoms with Crippen LogP contribution in [0.2, 0.25) is 0 Å². The van der Waals surface area contributed by atoms with E-state index in [1.165, 1.54) is 0 Å². The molecule has 3 heteroatoms. The van der Waals surface area contributed by atoms with Gasteiger partial charge in [-0.2, -0.15) is 0 Å². The van der Waals surface area contributed by atoms with Gasteiger partial charge >= 0.3 is 0 Å². The van der Waals surface area contributed by atoms with Gasteiger partial charge in [0, 0.05) is 17.5 Å². The number of ketones is 1. The zero-order valence-corrected chi connectivity index (χ0v) is 8.15. The lowest BCUT2D eigenvalue weighted by atomic mass is 10.0. The lowest BCUT2D eigenvalue weighted by Crippen LogP contribution is -2.37. The van der Waals surface area contributed by atoms with Gasteiger partial charge in [-0.15, -0.1) is 11.8 Å². The summed E-state index contributed by atoms with van der Waals surface area (Å²) in [7, 11) is 2.02. The van der Waals surface area contributed by atoms with Crippen LogP contribution in [0.15, 0.2) is 0 Å². The maximum absolute atomic E-state index is 11.5. The molecular formula is C8H15NOS. The van der Waals surface area contributed by atoms with Gasteiger partial charge in [-0.1, -0.05) is 13.8 Å². The molecule has 0 aliphatic carbocycles. The first kappa shape index (κ1) is 9.07. The monoisotopic (exact) mass is 173 g/mol. The molecule has 1 rings (SSSR count). The number of thioether (sulfide) groups is 1. The number of hydrogen-bond donors (Lipinski definition) is 0. The Morgan fingerprint density at radius 3 is 2.64 bits per heavy atom. The van der Waals surface area contributed by atoms with Gasteiger partial charge in [0.15, 0.2) is 5.78 Å². The fourth-order valence-corrected chi connectivity index (χ4v) is 2.43. The van der Waals surface area contributed by atoms with Gasteiger partial charge in [-0.3, -0.25) is 9.69 Å². The molecule has 0 N–H and O–H groups in total. The van der Waals surface area contributed by atoms with Crippen LogP contribution in [0, 0.1) is 5.92 Å². The van der Waals surface area contributed by atoms with E-state index in [4.69, 9.17) is 0 Å². The van der Waals surface area contributed by atoms with Crippen LogP contribution in [0.5, 0.6) is 0 Å². The Balaban J connectivity index is 2.53. The van der Waals surface area contributed by atoms with Crippen molar-refractivity contribution in [2.45, 2.75) is 19.9 Å². The molecule has 11 heavy (non-hydrogen) atoms. The minimum absolute atomic E-state index is 0.181. The van der Waals surface area contributed by atoms with Crippen LogP contribution >= 0.6 is 11.8 Å². The molecule has 0 saturated carbocycles. The van der Waals surface area contributed by atoms with Gasteiger partial charge < -0.3 is 0 Å². The molecule has 0 bridgehead atoms. The molecule has 1 saturated heterocycles. The normalized spacial score (nSPS) is 26.4. The summed E-state index contributed by atoms with van der Waals surface area (Å²) in [6.45, 7) is 3.94. The third-order valence-electron chi connectivity index (χ3n) is 2.00. The highest BCUT2D eigenvalue weighted by molar-refractivity contribution is 7.99. The van der Waals surface area contributed by atoms with Gasteiger partial charge in [0.05, 0.1) is 6.04 Å². The largest absolute Gasteiger partial charge is 0.298 e. The van der Waals surface area contributed by atoms with Crippen LogP contribution in [0.3, 0.4) is 0 Å². The van der Waals surface area contributed by atoms with Gasteiger partial charge in [0.25, 0.3) is 0 Å². The van der Waals surface area contributed by atoms with Crippen LogP contribution < -0.4 is 0 Å². The number of rotatable bonds is 2. The van der Waals surface area contributed by atoms with Crippen LogP contribution in [0.25, 0.3) is 0 Å². The SMILES string of the molecule is CC(C)C(=O)C1CSCN1C. The molecule has 1 aliphatic heterocycles. The highest BCUT2D eigenvalue weighted by atomic mass is 32.2. The van der Waals surface area contributed by atoms with Crippen molar-refractivity contribution >= 4 is 17.5 Å². The molecule has 0 spiro atoms. The molecule has 0 aromatic rings. The van der Waals surface area contributed by atoms with Crippen molar-refractivity contribution in [1.29, 1.82) is 0 Å². The summed E-state index contributed by atoms with van der Waals surface area (Å²) < 4.78 is 0. The van der Waals surface area contributed by atoms with E-state index in [9.17, 15) is 4.79 Å². The van der Waals surface area contributed by atoms with E-state index in [1.54, 1.807) is 0 Å². The summed E-state index contributed by atoms with van der Waals surface area (Å²) in [5.41, 5.74) is 0. The predicted molar refractivity (Wildman–Crippen MR) is 48.7 cm³/mol. The van der Waals surface area contributed by atoms with Crippen molar-refractivity contribution in [3.8, 4) is 0 Å². The average molecular weight is 173 g/mol. The van der Waals surface area contributed by atoms with E-state index in [0.717, 1.165) is 11.6 Å². The van der Waals surface area contributed by atoms with Crippen molar-refractivity contribution in [3.05, 3.63) is 0 Å². The van der Waals surface area contributed by atoms with Crippen molar-refractivity contribution in [2.75, 3.05) is 18.7 Å². The Morgan fingerprint density at radius 2 is 2.27 bits per heavy atom. The highest BCUT2D eigenvalue weighted by Gasteiger charge is 2.29. The summed E-state index contributed by atoms with van der Waals surface area (Å²) >= 11 is 1.84. The van der Waals surface area contributed by atoms with E-state index in [0.29, 0.717) is 5.78 Å². The molecule has 0 aromatic heterocycles. The standard InChI is InChI=1S/C8H15NOS/c1-6(2)8(10)7-4-11-5-9(7)3/h6-7H,4-5H2,1-3H3. The Bertz CT molecular complexity index is 158. The first-order chi connectivity index (χ1) is 5.13. The molecule has 1 aliphatic rings. The third-order valence-corrected chi connectivity index (χ3v) is 3.14. The second-order valence-corrected chi connectivity index (χ2v) is 4.33. The Morgan fingerprint density at radius 1 is 1.64 bits per heavy atom. The molecule has 64 valence electrons. The summed E-state index contributed by atoms with van der Waals surface area (Å²) in [5.74, 6) is 2.55. The summed E-state index contributed by atoms with van der Waals surface area (Å²) in [4.78, 5) is 13.6. The summed E-state index contributed by atoms with van der Waals surface area (Å²) in [5, 5.41) is 0. The van der Waals surface area contributed by atoms with E-state index in [1.807, 2.05) is 32.7 Å². The number of carbonyl (C=O) groups excluding carboxylic acids is 1. The van der Waals surface area contributed by atoms with Gasteiger partial charge in [-0.05, 0) is 7.05 Å². The number of Topliss-reactive ketones (excluding diaryl/α,β-unsaturated/α-hetero) is 1. The average Bonchev–Trinajstić information content (AvgIpc) is 2.33. The first-order valence-electron chi connectivity index (χ1n) is 3.94. The fraction of sp³-hybridized carbons (Fsp3) is 0.875. The fourth-order valence-electron chi connectivity index (χ4n) is 1.21. The van der Waals surface area contributed by atoms with Gasteiger partial charge in [0.1, 0.15) is 0 Å². The lowest BCUT2D eigenvalue weighted by Gasteiger charge is -2.18. The number of likely N-dealkylation sites (N-methyl/N-ethyl adjacent to an activating group) is 1. The highest BCUT2D eigenvalue weighted by Crippen LogP contribution is 2.21. The minimum atomic E-state index is 0.181. The molecule has 0 amide bonds. The van der Waals surface area contributed by atoms with E-state index < -0.39 is 0 Å². The molecule has 2 nitrogen and oxygen atoms in total. The van der Waals surface area contributed by atoms with Crippen molar-refractivity contribution in [1.82, 2.24) is 4.90 Å². The maximum Gasteiger partial charge on any atom is 0.153 e. The third kappa shape index (κ3) is 1.97. The van der Waals surface area contributed by atoms with E-state index in [-0.39, 0.29) is 12.0 Å². The first-order valence-corrected chi connectivity index (χ1v) is 5.10. The zero-order valence-electron chi connectivity index (χ0n) is 7.33. The van der Waals surface area contributed by atoms with Crippen molar-refractivity contribution in [3.63, 3.8) is 0 Å². The molecule has 1 fully saturated rings. The Labute approximate surface area is 72.3 Å².